The van der Waals surface area contributed by atoms with Gasteiger partial charge in [-0.05, 0) is 42.3 Å². The molecule has 0 radical (unpaired) electrons. The monoisotopic (exact) mass is 286 g/mol. The minimum Gasteiger partial charge on any atom is -0.479 e. The molecule has 0 spiro atoms. The number of hydrogen-bond acceptors (Lipinski definition) is 3. The number of hydrogen-bond donors (Lipinski definition) is 1. The molecule has 1 N–H and O–H groups in total. The molecule has 0 atom stereocenters. The minimum atomic E-state index is 0.0688. The van der Waals surface area contributed by atoms with Gasteiger partial charge in [0.1, 0.15) is 11.8 Å². The highest BCUT2D eigenvalue weighted by Crippen LogP contribution is 2.21. The van der Waals surface area contributed by atoms with E-state index in [4.69, 9.17) is 21.6 Å². The molecule has 20 heavy (non-hydrogen) atoms. The lowest BCUT2D eigenvalue weighted by Crippen LogP contribution is -2.01. The van der Waals surface area contributed by atoms with E-state index in [1.54, 1.807) is 0 Å². The molecule has 0 aromatic heterocycles. The molecule has 0 fully saturated rings. The van der Waals surface area contributed by atoms with E-state index >= 15 is 0 Å². The molecular weight excluding hydrogens is 272 g/mol. The molecule has 2 aromatic rings. The van der Waals surface area contributed by atoms with E-state index in [0.717, 1.165) is 21.8 Å². The van der Waals surface area contributed by atoms with Crippen LogP contribution in [0.25, 0.3) is 0 Å². The summed E-state index contributed by atoms with van der Waals surface area (Å²) >= 11 is 5.98. The third-order valence-electron chi connectivity index (χ3n) is 2.91. The van der Waals surface area contributed by atoms with Crippen LogP contribution in [0.3, 0.4) is 0 Å². The Morgan fingerprint density at radius 2 is 1.95 bits per heavy atom. The van der Waals surface area contributed by atoms with Crippen molar-refractivity contribution in [2.45, 2.75) is 13.5 Å². The van der Waals surface area contributed by atoms with Crippen LogP contribution in [0.2, 0.25) is 5.02 Å². The Balaban J connectivity index is 1.97. The number of anilines is 1. The molecule has 2 aromatic carbocycles. The number of halogens is 1. The Hall–Kier alpha value is -2.18. The summed E-state index contributed by atoms with van der Waals surface area (Å²) in [5.41, 5.74) is 3.32. The van der Waals surface area contributed by atoms with Gasteiger partial charge in [-0.3, -0.25) is 0 Å². The first-order valence-corrected chi connectivity index (χ1v) is 6.65. The molecule has 102 valence electrons. The van der Waals surface area contributed by atoms with Crippen LogP contribution in [0.4, 0.5) is 5.69 Å². The lowest BCUT2D eigenvalue weighted by Gasteiger charge is -2.10. The van der Waals surface area contributed by atoms with E-state index in [9.17, 15) is 0 Å². The highest BCUT2D eigenvalue weighted by Gasteiger charge is 2.00. The summed E-state index contributed by atoms with van der Waals surface area (Å²) < 4.78 is 5.21. The molecule has 0 saturated heterocycles. The average Bonchev–Trinajstić information content (AvgIpc) is 2.47. The van der Waals surface area contributed by atoms with Gasteiger partial charge in [0.25, 0.3) is 0 Å². The van der Waals surface area contributed by atoms with Crippen molar-refractivity contribution in [3.63, 3.8) is 0 Å². The highest BCUT2D eigenvalue weighted by atomic mass is 35.5. The summed E-state index contributed by atoms with van der Waals surface area (Å²) in [6, 6.07) is 15.4. The van der Waals surface area contributed by atoms with Crippen LogP contribution < -0.4 is 10.1 Å². The molecule has 0 bridgehead atoms. The van der Waals surface area contributed by atoms with E-state index in [2.05, 4.69) is 5.32 Å². The van der Waals surface area contributed by atoms with Crippen LogP contribution in [-0.4, -0.2) is 6.61 Å². The zero-order chi connectivity index (χ0) is 14.4. The highest BCUT2D eigenvalue weighted by molar-refractivity contribution is 6.30. The predicted molar refractivity (Wildman–Crippen MR) is 81.1 cm³/mol. The maximum absolute atomic E-state index is 8.45. The zero-order valence-electron chi connectivity index (χ0n) is 11.2. The van der Waals surface area contributed by atoms with Crippen LogP contribution in [0.15, 0.2) is 42.5 Å². The second kappa shape index (κ2) is 6.83. The van der Waals surface area contributed by atoms with Crippen molar-refractivity contribution < 1.29 is 4.74 Å². The number of benzene rings is 2. The first kappa shape index (κ1) is 14.2. The molecule has 0 aliphatic rings. The van der Waals surface area contributed by atoms with E-state index in [1.165, 1.54) is 0 Å². The zero-order valence-corrected chi connectivity index (χ0v) is 11.9. The fourth-order valence-corrected chi connectivity index (χ4v) is 1.97. The standard InChI is InChI=1S/C16H15ClN2O/c1-12-2-5-14(17)10-16(12)19-11-13-3-6-15(7-4-13)20-9-8-18/h2-7,10,19H,9,11H2,1H3. The molecule has 0 aliphatic carbocycles. The van der Waals surface area contributed by atoms with Crippen molar-refractivity contribution in [1.82, 2.24) is 0 Å². The molecule has 0 saturated carbocycles. The van der Waals surface area contributed by atoms with Crippen molar-refractivity contribution in [1.29, 1.82) is 5.26 Å². The summed E-state index contributed by atoms with van der Waals surface area (Å²) in [6.07, 6.45) is 0. The van der Waals surface area contributed by atoms with Gasteiger partial charge in [0.15, 0.2) is 6.61 Å². The fraction of sp³-hybridized carbons (Fsp3) is 0.188. The smallest absolute Gasteiger partial charge is 0.174 e. The second-order valence-electron chi connectivity index (χ2n) is 4.40. The topological polar surface area (TPSA) is 45.0 Å². The molecule has 3 nitrogen and oxygen atoms in total. The minimum absolute atomic E-state index is 0.0688. The largest absolute Gasteiger partial charge is 0.479 e. The third-order valence-corrected chi connectivity index (χ3v) is 3.14. The van der Waals surface area contributed by atoms with E-state index in [-0.39, 0.29) is 6.61 Å². The number of rotatable bonds is 5. The Morgan fingerprint density at radius 3 is 2.65 bits per heavy atom. The van der Waals surface area contributed by atoms with Crippen LogP contribution >= 0.6 is 11.6 Å². The Labute approximate surface area is 123 Å². The SMILES string of the molecule is Cc1ccc(Cl)cc1NCc1ccc(OCC#N)cc1. The van der Waals surface area contributed by atoms with Gasteiger partial charge in [-0.15, -0.1) is 0 Å². The molecule has 0 aliphatic heterocycles. The van der Waals surface area contributed by atoms with Crippen LogP contribution in [0, 0.1) is 18.3 Å². The number of nitrogens with zero attached hydrogens (tertiary/aromatic N) is 1. The number of nitrogens with one attached hydrogen (secondary N) is 1. The van der Waals surface area contributed by atoms with Crippen molar-refractivity contribution in [3.8, 4) is 11.8 Å². The fourth-order valence-electron chi connectivity index (χ4n) is 1.80. The third kappa shape index (κ3) is 3.91. The van der Waals surface area contributed by atoms with Crippen LogP contribution in [-0.2, 0) is 6.54 Å². The van der Waals surface area contributed by atoms with Crippen molar-refractivity contribution in [3.05, 3.63) is 58.6 Å². The Kier molecular flexibility index (Phi) is 4.86. The first-order chi connectivity index (χ1) is 9.69. The van der Waals surface area contributed by atoms with Gasteiger partial charge in [-0.25, -0.2) is 0 Å². The van der Waals surface area contributed by atoms with Crippen LogP contribution in [0.1, 0.15) is 11.1 Å². The molecular formula is C16H15ClN2O. The van der Waals surface area contributed by atoms with Gasteiger partial charge >= 0.3 is 0 Å². The summed E-state index contributed by atoms with van der Waals surface area (Å²) in [4.78, 5) is 0. The summed E-state index contributed by atoms with van der Waals surface area (Å²) in [5, 5.41) is 12.5. The van der Waals surface area contributed by atoms with Gasteiger partial charge in [0.2, 0.25) is 0 Å². The summed E-state index contributed by atoms with van der Waals surface area (Å²) in [5.74, 6) is 0.703. The predicted octanol–water partition coefficient (Wildman–Crippen LogP) is 4.16. The normalized spacial score (nSPS) is 9.85. The maximum atomic E-state index is 8.45. The van der Waals surface area contributed by atoms with E-state index < -0.39 is 0 Å². The summed E-state index contributed by atoms with van der Waals surface area (Å²) in [7, 11) is 0. The summed E-state index contributed by atoms with van der Waals surface area (Å²) in [6.45, 7) is 2.82. The molecule has 0 heterocycles. The number of ether oxygens (including phenoxy) is 1. The van der Waals surface area contributed by atoms with Gasteiger partial charge in [0, 0.05) is 17.3 Å². The molecule has 0 amide bonds. The Morgan fingerprint density at radius 1 is 1.20 bits per heavy atom. The quantitative estimate of drug-likeness (QED) is 0.897. The lowest BCUT2D eigenvalue weighted by atomic mass is 10.1. The first-order valence-electron chi connectivity index (χ1n) is 6.28. The van der Waals surface area contributed by atoms with Crippen molar-refractivity contribution in [2.75, 3.05) is 11.9 Å². The van der Waals surface area contributed by atoms with Crippen LogP contribution in [0.5, 0.6) is 5.75 Å². The van der Waals surface area contributed by atoms with Crippen molar-refractivity contribution >= 4 is 17.3 Å². The molecule has 0 unspecified atom stereocenters. The molecule has 2 rings (SSSR count). The average molecular weight is 287 g/mol. The lowest BCUT2D eigenvalue weighted by molar-refractivity contribution is 0.368. The van der Waals surface area contributed by atoms with Gasteiger partial charge in [-0.2, -0.15) is 5.26 Å². The van der Waals surface area contributed by atoms with E-state index in [0.29, 0.717) is 12.3 Å². The Bertz CT molecular complexity index is 617. The van der Waals surface area contributed by atoms with Gasteiger partial charge in [-0.1, -0.05) is 29.8 Å². The van der Waals surface area contributed by atoms with Gasteiger partial charge < -0.3 is 10.1 Å². The maximum Gasteiger partial charge on any atom is 0.174 e. The van der Waals surface area contributed by atoms with Crippen molar-refractivity contribution in [2.24, 2.45) is 0 Å². The second-order valence-corrected chi connectivity index (χ2v) is 4.84. The van der Waals surface area contributed by atoms with Gasteiger partial charge in [0.05, 0.1) is 0 Å². The number of nitriles is 1. The number of aryl methyl sites for hydroxylation is 1. The van der Waals surface area contributed by atoms with E-state index in [1.807, 2.05) is 55.5 Å². The molecule has 4 heteroatoms.